The fourth-order valence-electron chi connectivity index (χ4n) is 1.64. The summed E-state index contributed by atoms with van der Waals surface area (Å²) in [5.41, 5.74) is 5.96. The van der Waals surface area contributed by atoms with Gasteiger partial charge >= 0.3 is 6.03 Å². The lowest BCUT2D eigenvalue weighted by atomic mass is 10.1. The Bertz CT molecular complexity index is 428. The lowest BCUT2D eigenvalue weighted by Gasteiger charge is -2.16. The predicted octanol–water partition coefficient (Wildman–Crippen LogP) is 2.10. The Hall–Kier alpha value is -2.04. The van der Waals surface area contributed by atoms with Crippen LogP contribution in [0.4, 0.5) is 10.5 Å². The molecule has 0 fully saturated rings. The zero-order chi connectivity index (χ0) is 13.5. The third-order valence-electron chi connectivity index (χ3n) is 2.76. The van der Waals surface area contributed by atoms with Crippen molar-refractivity contribution in [2.75, 3.05) is 5.32 Å². The maximum Gasteiger partial charge on any atom is 0.319 e. The van der Waals surface area contributed by atoms with E-state index in [0.717, 1.165) is 12.8 Å². The van der Waals surface area contributed by atoms with E-state index < -0.39 is 5.91 Å². The predicted molar refractivity (Wildman–Crippen MR) is 71.5 cm³/mol. The number of hydrogen-bond acceptors (Lipinski definition) is 2. The molecule has 0 atom stereocenters. The third kappa shape index (κ3) is 3.76. The van der Waals surface area contributed by atoms with Crippen LogP contribution in [0.1, 0.15) is 37.0 Å². The van der Waals surface area contributed by atoms with Crippen LogP contribution in [-0.2, 0) is 0 Å². The van der Waals surface area contributed by atoms with Crippen molar-refractivity contribution in [3.63, 3.8) is 0 Å². The Balaban J connectivity index is 2.73. The van der Waals surface area contributed by atoms with Crippen LogP contribution in [0.2, 0.25) is 0 Å². The molecule has 1 rings (SSSR count). The van der Waals surface area contributed by atoms with E-state index in [-0.39, 0.29) is 12.1 Å². The van der Waals surface area contributed by atoms with E-state index in [9.17, 15) is 9.59 Å². The summed E-state index contributed by atoms with van der Waals surface area (Å²) in [6, 6.07) is 6.47. The van der Waals surface area contributed by atoms with Gasteiger partial charge in [0.2, 0.25) is 0 Å². The molecule has 1 aromatic carbocycles. The van der Waals surface area contributed by atoms with Crippen LogP contribution in [0.5, 0.6) is 0 Å². The molecule has 0 saturated carbocycles. The lowest BCUT2D eigenvalue weighted by Crippen LogP contribution is -2.37. The first-order chi connectivity index (χ1) is 8.58. The van der Waals surface area contributed by atoms with Crippen LogP contribution in [-0.4, -0.2) is 18.0 Å². The van der Waals surface area contributed by atoms with Gasteiger partial charge in [-0.1, -0.05) is 26.0 Å². The van der Waals surface area contributed by atoms with Gasteiger partial charge < -0.3 is 16.4 Å². The van der Waals surface area contributed by atoms with Crippen molar-refractivity contribution in [2.45, 2.75) is 32.7 Å². The van der Waals surface area contributed by atoms with Gasteiger partial charge in [-0.05, 0) is 25.0 Å². The second kappa shape index (κ2) is 6.64. The van der Waals surface area contributed by atoms with Gasteiger partial charge in [-0.15, -0.1) is 0 Å². The molecule has 0 aliphatic carbocycles. The SMILES string of the molecule is CCC(CC)NC(=O)Nc1ccccc1C(N)=O. The van der Waals surface area contributed by atoms with E-state index >= 15 is 0 Å². The van der Waals surface area contributed by atoms with Gasteiger partial charge in [0.05, 0.1) is 11.3 Å². The molecule has 0 aliphatic heterocycles. The summed E-state index contributed by atoms with van der Waals surface area (Å²) < 4.78 is 0. The second-order valence-electron chi connectivity index (χ2n) is 4.02. The number of amides is 3. The summed E-state index contributed by atoms with van der Waals surface area (Å²) >= 11 is 0. The van der Waals surface area contributed by atoms with E-state index in [0.29, 0.717) is 11.3 Å². The number of benzene rings is 1. The van der Waals surface area contributed by atoms with Crippen LogP contribution in [0.25, 0.3) is 0 Å². The van der Waals surface area contributed by atoms with Gasteiger partial charge in [0.15, 0.2) is 0 Å². The number of nitrogens with two attached hydrogens (primary N) is 1. The van der Waals surface area contributed by atoms with E-state index in [1.165, 1.54) is 0 Å². The topological polar surface area (TPSA) is 84.2 Å². The van der Waals surface area contributed by atoms with Crippen LogP contribution in [0.15, 0.2) is 24.3 Å². The summed E-state index contributed by atoms with van der Waals surface area (Å²) in [4.78, 5) is 22.9. The molecule has 4 N–H and O–H groups in total. The highest BCUT2D eigenvalue weighted by molar-refractivity contribution is 6.02. The highest BCUT2D eigenvalue weighted by atomic mass is 16.2. The number of carbonyl (C=O) groups is 2. The molecule has 0 saturated heterocycles. The molecule has 0 aromatic heterocycles. The van der Waals surface area contributed by atoms with Crippen LogP contribution in [0.3, 0.4) is 0 Å². The fraction of sp³-hybridized carbons (Fsp3) is 0.385. The van der Waals surface area contributed by atoms with Crippen LogP contribution >= 0.6 is 0 Å². The Morgan fingerprint density at radius 1 is 1.22 bits per heavy atom. The third-order valence-corrected chi connectivity index (χ3v) is 2.76. The molecule has 5 nitrogen and oxygen atoms in total. The molecule has 3 amide bonds. The summed E-state index contributed by atoms with van der Waals surface area (Å²) in [6.07, 6.45) is 1.72. The number of carbonyl (C=O) groups excluding carboxylic acids is 2. The zero-order valence-electron chi connectivity index (χ0n) is 10.7. The van der Waals surface area contributed by atoms with Crippen molar-refractivity contribution in [3.05, 3.63) is 29.8 Å². The number of anilines is 1. The first-order valence-corrected chi connectivity index (χ1v) is 6.04. The first kappa shape index (κ1) is 14.0. The first-order valence-electron chi connectivity index (χ1n) is 6.04. The molecule has 0 aliphatic rings. The lowest BCUT2D eigenvalue weighted by molar-refractivity contribution is 0.100. The Labute approximate surface area is 107 Å². The molecular formula is C13H19N3O2. The highest BCUT2D eigenvalue weighted by Crippen LogP contribution is 2.14. The van der Waals surface area contributed by atoms with Crippen molar-refractivity contribution in [2.24, 2.45) is 5.73 Å². The van der Waals surface area contributed by atoms with Gasteiger partial charge in [-0.3, -0.25) is 4.79 Å². The molecule has 1 aromatic rings. The molecule has 0 unspecified atom stereocenters. The molecule has 0 spiro atoms. The summed E-state index contributed by atoms with van der Waals surface area (Å²) in [6.45, 7) is 4.01. The standard InChI is InChI=1S/C13H19N3O2/c1-3-9(4-2)15-13(18)16-11-8-6-5-7-10(11)12(14)17/h5-9H,3-4H2,1-2H3,(H2,14,17)(H2,15,16,18). The molecular weight excluding hydrogens is 230 g/mol. The van der Waals surface area contributed by atoms with Gasteiger partial charge in [0.25, 0.3) is 5.91 Å². The molecule has 5 heteroatoms. The van der Waals surface area contributed by atoms with Crippen LogP contribution < -0.4 is 16.4 Å². The molecule has 0 heterocycles. The summed E-state index contributed by atoms with van der Waals surface area (Å²) in [5.74, 6) is -0.562. The van der Waals surface area contributed by atoms with Gasteiger partial charge in [0.1, 0.15) is 0 Å². The van der Waals surface area contributed by atoms with E-state index in [2.05, 4.69) is 10.6 Å². The minimum absolute atomic E-state index is 0.130. The Morgan fingerprint density at radius 2 is 1.83 bits per heavy atom. The number of primary amides is 1. The van der Waals surface area contributed by atoms with Crippen molar-refractivity contribution < 1.29 is 9.59 Å². The van der Waals surface area contributed by atoms with Crippen molar-refractivity contribution in [3.8, 4) is 0 Å². The van der Waals surface area contributed by atoms with Crippen molar-refractivity contribution in [1.29, 1.82) is 0 Å². The van der Waals surface area contributed by atoms with E-state index in [1.54, 1.807) is 24.3 Å². The van der Waals surface area contributed by atoms with Crippen molar-refractivity contribution in [1.82, 2.24) is 5.32 Å². The van der Waals surface area contributed by atoms with E-state index in [1.807, 2.05) is 13.8 Å². The smallest absolute Gasteiger partial charge is 0.319 e. The average Bonchev–Trinajstić information content (AvgIpc) is 2.36. The van der Waals surface area contributed by atoms with E-state index in [4.69, 9.17) is 5.73 Å². The second-order valence-corrected chi connectivity index (χ2v) is 4.02. The quantitative estimate of drug-likeness (QED) is 0.746. The Morgan fingerprint density at radius 3 is 2.39 bits per heavy atom. The normalized spacial score (nSPS) is 10.2. The van der Waals surface area contributed by atoms with Gasteiger partial charge in [-0.2, -0.15) is 0 Å². The van der Waals surface area contributed by atoms with Gasteiger partial charge in [0, 0.05) is 6.04 Å². The minimum atomic E-state index is -0.562. The number of para-hydroxylation sites is 1. The molecule has 0 bridgehead atoms. The van der Waals surface area contributed by atoms with Gasteiger partial charge in [-0.25, -0.2) is 4.79 Å². The fourth-order valence-corrected chi connectivity index (χ4v) is 1.64. The summed E-state index contributed by atoms with van der Waals surface area (Å²) in [5, 5.41) is 5.47. The maximum absolute atomic E-state index is 11.7. The average molecular weight is 249 g/mol. The number of nitrogens with one attached hydrogen (secondary N) is 2. The number of rotatable bonds is 5. The molecule has 98 valence electrons. The maximum atomic E-state index is 11.7. The molecule has 18 heavy (non-hydrogen) atoms. The Kier molecular flexibility index (Phi) is 5.17. The van der Waals surface area contributed by atoms with Crippen molar-refractivity contribution >= 4 is 17.6 Å². The van der Waals surface area contributed by atoms with Crippen LogP contribution in [0, 0.1) is 0 Å². The largest absolute Gasteiger partial charge is 0.366 e. The minimum Gasteiger partial charge on any atom is -0.366 e. The zero-order valence-corrected chi connectivity index (χ0v) is 10.7. The number of urea groups is 1. The molecule has 0 radical (unpaired) electrons. The monoisotopic (exact) mass is 249 g/mol. The highest BCUT2D eigenvalue weighted by Gasteiger charge is 2.12. The number of hydrogen-bond donors (Lipinski definition) is 3. The summed E-state index contributed by atoms with van der Waals surface area (Å²) in [7, 11) is 0.